The second kappa shape index (κ2) is 13.7. The second-order valence-corrected chi connectivity index (χ2v) is 16.4. The summed E-state index contributed by atoms with van der Waals surface area (Å²) in [6.07, 6.45) is 10.3. The van der Waals surface area contributed by atoms with E-state index in [0.29, 0.717) is 30.2 Å². The van der Waals surface area contributed by atoms with E-state index in [-0.39, 0.29) is 29.7 Å². The predicted molar refractivity (Wildman–Crippen MR) is 198 cm³/mol. The number of amides is 3. The normalized spacial score (nSPS) is 24.6. The molecule has 3 fully saturated rings. The summed E-state index contributed by atoms with van der Waals surface area (Å²) in [5, 5.41) is 3.58. The summed E-state index contributed by atoms with van der Waals surface area (Å²) in [4.78, 5) is 52.7. The monoisotopic (exact) mass is 692 g/mol. The first-order chi connectivity index (χ1) is 24.6. The summed E-state index contributed by atoms with van der Waals surface area (Å²) in [5.74, 6) is 0.947. The molecule has 8 rings (SSSR count). The molecule has 0 radical (unpaired) electrons. The number of aromatic amines is 1. The highest BCUT2D eigenvalue weighted by atomic mass is 16.2. The maximum absolute atomic E-state index is 13.6. The third kappa shape index (κ3) is 7.02. The van der Waals surface area contributed by atoms with Gasteiger partial charge in [-0.15, -0.1) is 0 Å². The van der Waals surface area contributed by atoms with Crippen molar-refractivity contribution in [3.63, 3.8) is 0 Å². The summed E-state index contributed by atoms with van der Waals surface area (Å²) >= 11 is 0. The lowest BCUT2D eigenvalue weighted by molar-refractivity contribution is -0.134. The van der Waals surface area contributed by atoms with Crippen LogP contribution in [0.1, 0.15) is 105 Å². The molecule has 0 spiro atoms. The van der Waals surface area contributed by atoms with Crippen LogP contribution in [0.2, 0.25) is 0 Å². The van der Waals surface area contributed by atoms with Crippen LogP contribution in [0.15, 0.2) is 53.9 Å². The van der Waals surface area contributed by atoms with Crippen molar-refractivity contribution in [2.45, 2.75) is 89.6 Å². The molecular formula is C40H52N8O3. The molecule has 0 saturated carbocycles. The average Bonchev–Trinajstić information content (AvgIpc) is 3.74. The lowest BCUT2D eigenvalue weighted by atomic mass is 9.75. The second-order valence-electron chi connectivity index (χ2n) is 16.4. The minimum Gasteiger partial charge on any atom is -0.357 e. The molecule has 51 heavy (non-hydrogen) atoms. The zero-order valence-electron chi connectivity index (χ0n) is 30.3. The molecule has 11 nitrogen and oxygen atoms in total. The Bertz CT molecular complexity index is 1830. The van der Waals surface area contributed by atoms with Gasteiger partial charge in [-0.2, -0.15) is 0 Å². The van der Waals surface area contributed by atoms with Crippen LogP contribution in [-0.2, 0) is 9.59 Å². The van der Waals surface area contributed by atoms with Crippen LogP contribution in [0.25, 0.3) is 10.9 Å². The number of fused-ring (bicyclic) bond motifs is 1. The molecule has 1 aliphatic carbocycles. The fourth-order valence-electron chi connectivity index (χ4n) is 9.09. The Labute approximate surface area is 300 Å². The van der Waals surface area contributed by atoms with E-state index >= 15 is 0 Å². The number of imide groups is 1. The topological polar surface area (TPSA) is 126 Å². The Hall–Kier alpha value is -4.22. The van der Waals surface area contributed by atoms with Gasteiger partial charge in [-0.1, -0.05) is 26.0 Å². The highest BCUT2D eigenvalue weighted by Crippen LogP contribution is 2.44. The number of nitrogens with one attached hydrogen (secondary N) is 4. The van der Waals surface area contributed by atoms with Gasteiger partial charge in [0.05, 0.1) is 12.0 Å². The van der Waals surface area contributed by atoms with Crippen molar-refractivity contribution < 1.29 is 14.4 Å². The number of anilines is 1. The maximum Gasteiger partial charge on any atom is 0.253 e. The average molecular weight is 693 g/mol. The van der Waals surface area contributed by atoms with E-state index in [1.165, 1.54) is 17.7 Å². The number of allylic oxidation sites excluding steroid dienone is 1. The van der Waals surface area contributed by atoms with Crippen molar-refractivity contribution in [1.29, 1.82) is 0 Å². The van der Waals surface area contributed by atoms with Gasteiger partial charge in [-0.3, -0.25) is 19.7 Å². The molecule has 11 heteroatoms. The molecule has 4 aliphatic heterocycles. The number of pyridine rings is 1. The number of carbonyl (C=O) groups excluding carboxylic acids is 3. The largest absolute Gasteiger partial charge is 0.357 e. The van der Waals surface area contributed by atoms with Crippen molar-refractivity contribution in [3.05, 3.63) is 70.7 Å². The zero-order chi connectivity index (χ0) is 35.3. The molecule has 1 aromatic carbocycles. The van der Waals surface area contributed by atoms with Crippen molar-refractivity contribution >= 4 is 34.4 Å². The van der Waals surface area contributed by atoms with E-state index in [9.17, 15) is 14.4 Å². The van der Waals surface area contributed by atoms with E-state index in [0.717, 1.165) is 105 Å². The number of benzene rings is 1. The smallest absolute Gasteiger partial charge is 0.253 e. The molecule has 270 valence electrons. The SMILES string of the molecule is CN(CC1CCN(C(=O)c2ccc3cc(C4NNC5=C4CCC(C)(C)C5)[nH]c3c2)CC1)C1CCN(c2ccc(C3CCC(=O)NC3=O)cn2)CC1. The minimum absolute atomic E-state index is 0.131. The van der Waals surface area contributed by atoms with Crippen LogP contribution >= 0.6 is 0 Å². The number of carbonyl (C=O) groups is 3. The summed E-state index contributed by atoms with van der Waals surface area (Å²) in [7, 11) is 2.26. The van der Waals surface area contributed by atoms with E-state index in [1.807, 2.05) is 29.2 Å². The lowest BCUT2D eigenvalue weighted by Gasteiger charge is -2.40. The van der Waals surface area contributed by atoms with Gasteiger partial charge >= 0.3 is 0 Å². The highest BCUT2D eigenvalue weighted by Gasteiger charge is 2.36. The van der Waals surface area contributed by atoms with Crippen LogP contribution in [0.5, 0.6) is 0 Å². The first-order valence-electron chi connectivity index (χ1n) is 19.0. The van der Waals surface area contributed by atoms with Gasteiger partial charge in [0.1, 0.15) is 5.82 Å². The standard InChI is InChI=1S/C40H52N8O3/c1-40(2)15-10-31-34(22-40)44-45-37(31)33-20-26-4-5-27(21-32(26)42-33)39(51)48-16-11-25(12-17-48)24-46(3)29-13-18-47(19-14-29)35-8-6-28(23-41-35)30-7-9-36(49)43-38(30)50/h4-6,8,20-21,23,25,29-30,37,42,44-45H,7,9-19,22,24H2,1-3H3,(H,43,49,50). The lowest BCUT2D eigenvalue weighted by Crippen LogP contribution is -2.46. The highest BCUT2D eigenvalue weighted by molar-refractivity contribution is 6.01. The Morgan fingerprint density at radius 2 is 1.78 bits per heavy atom. The number of hydrogen-bond acceptors (Lipinski definition) is 8. The van der Waals surface area contributed by atoms with Crippen LogP contribution in [-0.4, -0.2) is 83.3 Å². The molecule has 2 unspecified atom stereocenters. The Balaban J connectivity index is 0.804. The van der Waals surface area contributed by atoms with Crippen molar-refractivity contribution in [2.24, 2.45) is 11.3 Å². The molecule has 3 amide bonds. The fourth-order valence-corrected chi connectivity index (χ4v) is 9.09. The van der Waals surface area contributed by atoms with Gasteiger partial charge in [0.15, 0.2) is 0 Å². The van der Waals surface area contributed by atoms with Gasteiger partial charge in [0.25, 0.3) is 5.91 Å². The third-order valence-corrected chi connectivity index (χ3v) is 12.3. The molecule has 6 heterocycles. The Morgan fingerprint density at radius 3 is 2.53 bits per heavy atom. The predicted octanol–water partition coefficient (Wildman–Crippen LogP) is 5.15. The number of H-pyrrole nitrogens is 1. The van der Waals surface area contributed by atoms with Gasteiger partial charge in [-0.25, -0.2) is 10.4 Å². The number of likely N-dealkylation sites (tertiary alicyclic amines) is 1. The summed E-state index contributed by atoms with van der Waals surface area (Å²) in [6, 6.07) is 13.0. The number of piperidine rings is 3. The fraction of sp³-hybridized carbons (Fsp3) is 0.550. The van der Waals surface area contributed by atoms with E-state index in [4.69, 9.17) is 4.98 Å². The molecule has 4 N–H and O–H groups in total. The molecule has 3 aromatic rings. The minimum atomic E-state index is -0.301. The summed E-state index contributed by atoms with van der Waals surface area (Å²) in [5.41, 5.74) is 13.9. The molecule has 5 aliphatic rings. The molecule has 0 bridgehead atoms. The molecular weight excluding hydrogens is 640 g/mol. The van der Waals surface area contributed by atoms with E-state index in [2.05, 4.69) is 64.0 Å². The van der Waals surface area contributed by atoms with E-state index in [1.54, 1.807) is 6.20 Å². The van der Waals surface area contributed by atoms with E-state index < -0.39 is 0 Å². The molecule has 2 atom stereocenters. The maximum atomic E-state index is 13.6. The summed E-state index contributed by atoms with van der Waals surface area (Å²) < 4.78 is 0. The first kappa shape index (κ1) is 33.9. The number of rotatable bonds is 7. The van der Waals surface area contributed by atoms with Crippen LogP contribution in [0, 0.1) is 11.3 Å². The van der Waals surface area contributed by atoms with Gasteiger partial charge in [-0.05, 0) is 111 Å². The Morgan fingerprint density at radius 1 is 0.980 bits per heavy atom. The number of nitrogens with zero attached hydrogens (tertiary/aromatic N) is 4. The van der Waals surface area contributed by atoms with Crippen LogP contribution < -0.4 is 21.1 Å². The molecule has 3 saturated heterocycles. The Kier molecular flexibility index (Phi) is 9.12. The van der Waals surface area contributed by atoms with Crippen molar-refractivity contribution in [1.82, 2.24) is 35.9 Å². The van der Waals surface area contributed by atoms with Gasteiger partial charge in [0.2, 0.25) is 11.8 Å². The zero-order valence-corrected chi connectivity index (χ0v) is 30.3. The quantitative estimate of drug-likeness (QED) is 0.251. The number of hydrogen-bond donors (Lipinski definition) is 4. The van der Waals surface area contributed by atoms with Crippen LogP contribution in [0.4, 0.5) is 5.82 Å². The number of aromatic nitrogens is 2. The van der Waals surface area contributed by atoms with Crippen LogP contribution in [0.3, 0.4) is 0 Å². The van der Waals surface area contributed by atoms with Gasteiger partial charge in [0, 0.05) is 73.9 Å². The van der Waals surface area contributed by atoms with Gasteiger partial charge < -0.3 is 25.1 Å². The summed E-state index contributed by atoms with van der Waals surface area (Å²) in [6.45, 7) is 9.24. The molecule has 2 aromatic heterocycles. The van der Waals surface area contributed by atoms with Crippen molar-refractivity contribution in [3.8, 4) is 0 Å². The van der Waals surface area contributed by atoms with Crippen molar-refractivity contribution in [2.75, 3.05) is 44.7 Å². The third-order valence-electron chi connectivity index (χ3n) is 12.3. The number of hydrazine groups is 1. The first-order valence-corrected chi connectivity index (χ1v) is 19.0.